The number of ether oxygens (including phenoxy) is 2. The maximum Gasteiger partial charge on any atom is 0.325 e. The van der Waals surface area contributed by atoms with E-state index in [2.05, 4.69) is 10.6 Å². The van der Waals surface area contributed by atoms with Crippen molar-refractivity contribution >= 4 is 33.5 Å². The van der Waals surface area contributed by atoms with Gasteiger partial charge in [0, 0.05) is 24.3 Å². The lowest BCUT2D eigenvalue weighted by Gasteiger charge is -2.26. The van der Waals surface area contributed by atoms with E-state index in [1.165, 1.54) is 29.6 Å². The summed E-state index contributed by atoms with van der Waals surface area (Å²) in [4.78, 5) is 36.0. The van der Waals surface area contributed by atoms with Gasteiger partial charge in [0.15, 0.2) is 6.61 Å². The summed E-state index contributed by atoms with van der Waals surface area (Å²) >= 11 is 0. The zero-order chi connectivity index (χ0) is 24.6. The number of hydrogen-bond donors (Lipinski definition) is 2. The third-order valence-electron chi connectivity index (χ3n) is 5.17. The van der Waals surface area contributed by atoms with Crippen LogP contribution in [0.3, 0.4) is 0 Å². The Bertz CT molecular complexity index is 1130. The number of carbonyl (C=O) groups is 3. The molecule has 10 nitrogen and oxygen atoms in total. The van der Waals surface area contributed by atoms with Crippen LogP contribution in [0.5, 0.6) is 5.75 Å². The lowest BCUT2D eigenvalue weighted by Crippen LogP contribution is -2.35. The molecule has 2 amide bonds. The molecule has 182 valence electrons. The molecule has 1 saturated heterocycles. The van der Waals surface area contributed by atoms with Crippen LogP contribution in [0.4, 0.5) is 5.69 Å². The van der Waals surface area contributed by atoms with Crippen molar-refractivity contribution in [3.05, 3.63) is 54.1 Å². The molecule has 1 aliphatic rings. The van der Waals surface area contributed by atoms with E-state index in [1.54, 1.807) is 30.3 Å². The smallest absolute Gasteiger partial charge is 0.325 e. The van der Waals surface area contributed by atoms with Gasteiger partial charge < -0.3 is 20.1 Å². The molecule has 3 rings (SSSR count). The second-order valence-corrected chi connectivity index (χ2v) is 9.49. The Kier molecular flexibility index (Phi) is 8.61. The number of sulfonamides is 1. The van der Waals surface area contributed by atoms with E-state index >= 15 is 0 Å². The molecule has 2 aromatic carbocycles. The van der Waals surface area contributed by atoms with Crippen molar-refractivity contribution in [3.63, 3.8) is 0 Å². The molecule has 0 aliphatic carbocycles. The second-order valence-electron chi connectivity index (χ2n) is 7.59. The standard InChI is InChI=1S/C23H27N3O7S/c1-32-19-11-10-18(14-20(19)34(30,31)26-12-6-3-7-13-26)25-21(27)16-33-22(28)15-24-23(29)17-8-4-2-5-9-17/h2,4-5,8-11,14H,3,6-7,12-13,15-16H2,1H3,(H,24,29)(H,25,27). The molecular weight excluding hydrogens is 462 g/mol. The predicted molar refractivity (Wildman–Crippen MR) is 124 cm³/mol. The maximum absolute atomic E-state index is 13.1. The third-order valence-corrected chi connectivity index (χ3v) is 7.09. The van der Waals surface area contributed by atoms with Gasteiger partial charge >= 0.3 is 5.97 Å². The topological polar surface area (TPSA) is 131 Å². The van der Waals surface area contributed by atoms with Gasteiger partial charge in [0.05, 0.1) is 7.11 Å². The molecule has 1 aliphatic heterocycles. The molecule has 34 heavy (non-hydrogen) atoms. The monoisotopic (exact) mass is 489 g/mol. The van der Waals surface area contributed by atoms with Crippen molar-refractivity contribution in [2.24, 2.45) is 0 Å². The Morgan fingerprint density at radius 2 is 1.71 bits per heavy atom. The molecule has 0 spiro atoms. The SMILES string of the molecule is COc1ccc(NC(=O)COC(=O)CNC(=O)c2ccccc2)cc1S(=O)(=O)N1CCCCC1. The molecule has 11 heteroatoms. The van der Waals surface area contributed by atoms with Gasteiger partial charge in [0.25, 0.3) is 11.8 Å². The average molecular weight is 490 g/mol. The van der Waals surface area contributed by atoms with E-state index in [-0.39, 0.29) is 16.3 Å². The van der Waals surface area contributed by atoms with Crippen molar-refractivity contribution in [1.82, 2.24) is 9.62 Å². The van der Waals surface area contributed by atoms with Crippen LogP contribution in [0.15, 0.2) is 53.4 Å². The summed E-state index contributed by atoms with van der Waals surface area (Å²) in [5.74, 6) is -1.72. The highest BCUT2D eigenvalue weighted by molar-refractivity contribution is 7.89. The van der Waals surface area contributed by atoms with E-state index in [9.17, 15) is 22.8 Å². The predicted octanol–water partition coefficient (Wildman–Crippen LogP) is 1.78. The Balaban J connectivity index is 1.55. The Morgan fingerprint density at radius 1 is 1.00 bits per heavy atom. The molecule has 0 radical (unpaired) electrons. The van der Waals surface area contributed by atoms with Crippen LogP contribution in [0.2, 0.25) is 0 Å². The molecule has 2 N–H and O–H groups in total. The fraction of sp³-hybridized carbons (Fsp3) is 0.348. The highest BCUT2D eigenvalue weighted by atomic mass is 32.2. The molecule has 2 aromatic rings. The largest absolute Gasteiger partial charge is 0.495 e. The zero-order valence-corrected chi connectivity index (χ0v) is 19.6. The van der Waals surface area contributed by atoms with E-state index in [4.69, 9.17) is 9.47 Å². The van der Waals surface area contributed by atoms with Gasteiger partial charge in [-0.1, -0.05) is 24.6 Å². The molecule has 0 saturated carbocycles. The highest BCUT2D eigenvalue weighted by Crippen LogP contribution is 2.31. The molecule has 0 aromatic heterocycles. The quantitative estimate of drug-likeness (QED) is 0.513. The molecule has 0 unspecified atom stereocenters. The number of benzene rings is 2. The van der Waals surface area contributed by atoms with E-state index in [0.29, 0.717) is 18.7 Å². The molecule has 0 atom stereocenters. The van der Waals surface area contributed by atoms with Crippen LogP contribution in [0, 0.1) is 0 Å². The number of carbonyl (C=O) groups excluding carboxylic acids is 3. The first-order valence-corrected chi connectivity index (χ1v) is 12.2. The zero-order valence-electron chi connectivity index (χ0n) is 18.8. The van der Waals surface area contributed by atoms with E-state index in [1.807, 2.05) is 0 Å². The first kappa shape index (κ1) is 25.2. The lowest BCUT2D eigenvalue weighted by molar-refractivity contribution is -0.146. The Labute approximate surface area is 198 Å². The van der Waals surface area contributed by atoms with Crippen molar-refractivity contribution in [3.8, 4) is 5.75 Å². The van der Waals surface area contributed by atoms with Gasteiger partial charge in [-0.05, 0) is 43.2 Å². The van der Waals surface area contributed by atoms with Crippen molar-refractivity contribution in [2.45, 2.75) is 24.2 Å². The molecular formula is C23H27N3O7S. The number of rotatable bonds is 9. The summed E-state index contributed by atoms with van der Waals surface area (Å²) < 4.78 is 37.7. The Morgan fingerprint density at radius 3 is 2.38 bits per heavy atom. The van der Waals surface area contributed by atoms with Crippen molar-refractivity contribution in [1.29, 1.82) is 0 Å². The summed E-state index contributed by atoms with van der Waals surface area (Å²) in [6.45, 7) is -0.139. The first-order valence-electron chi connectivity index (χ1n) is 10.8. The van der Waals surface area contributed by atoms with Crippen molar-refractivity contribution < 1.29 is 32.3 Å². The summed E-state index contributed by atoms with van der Waals surface area (Å²) in [7, 11) is -2.42. The minimum absolute atomic E-state index is 0.0460. The molecule has 1 heterocycles. The van der Waals surface area contributed by atoms with Crippen LogP contribution in [-0.2, 0) is 24.3 Å². The Hall–Kier alpha value is -3.44. The van der Waals surface area contributed by atoms with Crippen LogP contribution in [-0.4, -0.2) is 63.9 Å². The van der Waals surface area contributed by atoms with Gasteiger partial charge in [0.2, 0.25) is 10.0 Å². The van der Waals surface area contributed by atoms with Crippen LogP contribution in [0.25, 0.3) is 0 Å². The number of nitrogens with zero attached hydrogens (tertiary/aromatic N) is 1. The summed E-state index contributed by atoms with van der Waals surface area (Å²) in [5.41, 5.74) is 0.609. The summed E-state index contributed by atoms with van der Waals surface area (Å²) in [6.07, 6.45) is 2.55. The minimum Gasteiger partial charge on any atom is -0.495 e. The summed E-state index contributed by atoms with van der Waals surface area (Å²) in [5, 5.41) is 4.92. The van der Waals surface area contributed by atoms with Gasteiger partial charge in [-0.2, -0.15) is 4.31 Å². The lowest BCUT2D eigenvalue weighted by atomic mass is 10.2. The average Bonchev–Trinajstić information content (AvgIpc) is 2.87. The number of piperidine rings is 1. The van der Waals surface area contributed by atoms with E-state index < -0.39 is 41.0 Å². The normalized spacial score (nSPS) is 14.1. The number of esters is 1. The van der Waals surface area contributed by atoms with Crippen LogP contribution in [0.1, 0.15) is 29.6 Å². The van der Waals surface area contributed by atoms with Crippen LogP contribution < -0.4 is 15.4 Å². The minimum atomic E-state index is -3.80. The fourth-order valence-corrected chi connectivity index (χ4v) is 5.14. The maximum atomic E-state index is 13.1. The molecule has 0 bridgehead atoms. The van der Waals surface area contributed by atoms with Gasteiger partial charge in [0.1, 0.15) is 17.2 Å². The van der Waals surface area contributed by atoms with Crippen molar-refractivity contribution in [2.75, 3.05) is 38.7 Å². The number of methoxy groups -OCH3 is 1. The van der Waals surface area contributed by atoms with Gasteiger partial charge in [-0.25, -0.2) is 8.42 Å². The first-order chi connectivity index (χ1) is 16.3. The second kappa shape index (κ2) is 11.6. The van der Waals surface area contributed by atoms with Gasteiger partial charge in [-0.3, -0.25) is 14.4 Å². The van der Waals surface area contributed by atoms with Gasteiger partial charge in [-0.15, -0.1) is 0 Å². The number of nitrogens with one attached hydrogen (secondary N) is 2. The fourth-order valence-electron chi connectivity index (χ4n) is 3.44. The highest BCUT2D eigenvalue weighted by Gasteiger charge is 2.29. The van der Waals surface area contributed by atoms with Crippen LogP contribution >= 0.6 is 0 Å². The molecule has 1 fully saturated rings. The third kappa shape index (κ3) is 6.55. The number of amides is 2. The van der Waals surface area contributed by atoms with E-state index in [0.717, 1.165) is 19.3 Å². The summed E-state index contributed by atoms with van der Waals surface area (Å²) in [6, 6.07) is 12.6. The number of anilines is 1. The number of hydrogen-bond acceptors (Lipinski definition) is 7.